The SMILES string of the molecule is Cc1cc(-c2nc(F)cc3c(N)c(N)oc23)ccn1. The molecule has 3 aromatic rings. The number of nitrogens with two attached hydrogens (primary N) is 2. The van der Waals surface area contributed by atoms with E-state index in [-0.39, 0.29) is 11.6 Å². The number of hydrogen-bond acceptors (Lipinski definition) is 5. The first kappa shape index (κ1) is 11.5. The molecule has 0 aliphatic rings. The Morgan fingerprint density at radius 2 is 2.05 bits per heavy atom. The van der Waals surface area contributed by atoms with Crippen molar-refractivity contribution in [3.05, 3.63) is 36.0 Å². The molecule has 0 unspecified atom stereocenters. The van der Waals surface area contributed by atoms with Crippen LogP contribution in [0.1, 0.15) is 5.69 Å². The number of hydrogen-bond donors (Lipinski definition) is 2. The zero-order valence-electron chi connectivity index (χ0n) is 10.1. The topological polar surface area (TPSA) is 91.0 Å². The van der Waals surface area contributed by atoms with Crippen molar-refractivity contribution in [1.29, 1.82) is 0 Å². The van der Waals surface area contributed by atoms with Gasteiger partial charge in [0.15, 0.2) is 5.58 Å². The highest BCUT2D eigenvalue weighted by Crippen LogP contribution is 2.36. The summed E-state index contributed by atoms with van der Waals surface area (Å²) in [6.07, 6.45) is 1.62. The molecule has 0 saturated carbocycles. The van der Waals surface area contributed by atoms with Gasteiger partial charge in [0.05, 0.1) is 5.39 Å². The molecule has 19 heavy (non-hydrogen) atoms. The molecule has 0 spiro atoms. The Kier molecular flexibility index (Phi) is 2.38. The maximum Gasteiger partial charge on any atom is 0.214 e. The molecule has 0 atom stereocenters. The minimum atomic E-state index is -0.635. The Morgan fingerprint density at radius 1 is 1.26 bits per heavy atom. The molecule has 0 radical (unpaired) electrons. The molecule has 0 saturated heterocycles. The van der Waals surface area contributed by atoms with Crippen LogP contribution in [0, 0.1) is 12.9 Å². The first-order valence-electron chi connectivity index (χ1n) is 5.63. The fraction of sp³-hybridized carbons (Fsp3) is 0.0769. The van der Waals surface area contributed by atoms with E-state index in [0.29, 0.717) is 22.2 Å². The predicted molar refractivity (Wildman–Crippen MR) is 70.8 cm³/mol. The van der Waals surface area contributed by atoms with Gasteiger partial charge in [0, 0.05) is 23.5 Å². The highest BCUT2D eigenvalue weighted by molar-refractivity contribution is 6.01. The average molecular weight is 258 g/mol. The van der Waals surface area contributed by atoms with Crippen LogP contribution in [-0.4, -0.2) is 9.97 Å². The summed E-state index contributed by atoms with van der Waals surface area (Å²) in [4.78, 5) is 7.96. The van der Waals surface area contributed by atoms with E-state index in [1.807, 2.05) is 6.92 Å². The summed E-state index contributed by atoms with van der Waals surface area (Å²) in [7, 11) is 0. The third-order valence-corrected chi connectivity index (χ3v) is 2.88. The van der Waals surface area contributed by atoms with Gasteiger partial charge < -0.3 is 15.9 Å². The minimum absolute atomic E-state index is 0.0643. The van der Waals surface area contributed by atoms with E-state index in [1.54, 1.807) is 18.3 Å². The first-order chi connectivity index (χ1) is 9.06. The lowest BCUT2D eigenvalue weighted by atomic mass is 10.1. The highest BCUT2D eigenvalue weighted by atomic mass is 19.1. The summed E-state index contributed by atoms with van der Waals surface area (Å²) in [5.41, 5.74) is 13.8. The van der Waals surface area contributed by atoms with Crippen molar-refractivity contribution < 1.29 is 8.81 Å². The summed E-state index contributed by atoms with van der Waals surface area (Å²) >= 11 is 0. The molecule has 3 rings (SSSR count). The normalized spacial score (nSPS) is 11.1. The van der Waals surface area contributed by atoms with Gasteiger partial charge in [-0.1, -0.05) is 0 Å². The summed E-state index contributed by atoms with van der Waals surface area (Å²) in [5.74, 6) is -0.570. The van der Waals surface area contributed by atoms with Crippen molar-refractivity contribution >= 4 is 22.5 Å². The van der Waals surface area contributed by atoms with E-state index in [2.05, 4.69) is 9.97 Å². The van der Waals surface area contributed by atoms with Crippen LogP contribution < -0.4 is 11.5 Å². The van der Waals surface area contributed by atoms with Gasteiger partial charge in [-0.15, -0.1) is 0 Å². The largest absolute Gasteiger partial charge is 0.436 e. The number of nitrogens with zero attached hydrogens (tertiary/aromatic N) is 2. The van der Waals surface area contributed by atoms with E-state index in [1.165, 1.54) is 6.07 Å². The summed E-state index contributed by atoms with van der Waals surface area (Å²) in [6, 6.07) is 4.72. The van der Waals surface area contributed by atoms with Crippen LogP contribution in [0.2, 0.25) is 0 Å². The highest BCUT2D eigenvalue weighted by Gasteiger charge is 2.17. The second-order valence-electron chi connectivity index (χ2n) is 4.24. The number of nitrogen functional groups attached to an aromatic ring is 2. The summed E-state index contributed by atoms with van der Waals surface area (Å²) < 4.78 is 19.0. The summed E-state index contributed by atoms with van der Waals surface area (Å²) in [5, 5.41) is 0.425. The number of aromatic nitrogens is 2. The third-order valence-electron chi connectivity index (χ3n) is 2.88. The van der Waals surface area contributed by atoms with E-state index in [9.17, 15) is 4.39 Å². The molecule has 96 valence electrons. The molecule has 0 aromatic carbocycles. The number of pyridine rings is 2. The van der Waals surface area contributed by atoms with Crippen molar-refractivity contribution in [2.45, 2.75) is 6.92 Å². The molecule has 4 N–H and O–H groups in total. The van der Waals surface area contributed by atoms with Gasteiger partial charge in [-0.05, 0) is 19.1 Å². The van der Waals surface area contributed by atoms with Gasteiger partial charge >= 0.3 is 0 Å². The van der Waals surface area contributed by atoms with Crippen LogP contribution >= 0.6 is 0 Å². The number of fused-ring (bicyclic) bond motifs is 1. The molecule has 0 fully saturated rings. The van der Waals surface area contributed by atoms with Crippen LogP contribution in [0.3, 0.4) is 0 Å². The average Bonchev–Trinajstić information content (AvgIpc) is 2.65. The first-order valence-corrected chi connectivity index (χ1v) is 5.63. The molecule has 0 aliphatic carbocycles. The zero-order chi connectivity index (χ0) is 13.6. The van der Waals surface area contributed by atoms with E-state index < -0.39 is 5.95 Å². The lowest BCUT2D eigenvalue weighted by Crippen LogP contribution is -1.92. The quantitative estimate of drug-likeness (QED) is 0.654. The van der Waals surface area contributed by atoms with Gasteiger partial charge in [-0.25, -0.2) is 4.98 Å². The van der Waals surface area contributed by atoms with Gasteiger partial charge in [0.25, 0.3) is 0 Å². The molecule has 3 aromatic heterocycles. The number of halogens is 1. The lowest BCUT2D eigenvalue weighted by molar-refractivity contribution is 0.582. The molecule has 5 nitrogen and oxygen atoms in total. The van der Waals surface area contributed by atoms with Crippen molar-refractivity contribution in [3.8, 4) is 11.3 Å². The van der Waals surface area contributed by atoms with Crippen molar-refractivity contribution in [1.82, 2.24) is 9.97 Å². The van der Waals surface area contributed by atoms with Gasteiger partial charge in [-0.3, -0.25) is 4.98 Å². The second-order valence-corrected chi connectivity index (χ2v) is 4.24. The monoisotopic (exact) mass is 258 g/mol. The summed E-state index contributed by atoms with van der Waals surface area (Å²) in [6.45, 7) is 1.84. The minimum Gasteiger partial charge on any atom is -0.436 e. The van der Waals surface area contributed by atoms with E-state index >= 15 is 0 Å². The zero-order valence-corrected chi connectivity index (χ0v) is 10.1. The molecular formula is C13H11FN4O. The molecule has 6 heteroatoms. The standard InChI is InChI=1S/C13H11FN4O/c1-6-4-7(2-3-17-6)11-12-8(5-9(14)18-11)10(15)13(16)19-12/h2-5H,15-16H2,1H3. The van der Waals surface area contributed by atoms with Gasteiger partial charge in [-0.2, -0.15) is 4.39 Å². The van der Waals surface area contributed by atoms with Gasteiger partial charge in [0.1, 0.15) is 11.4 Å². The van der Waals surface area contributed by atoms with Crippen molar-refractivity contribution in [3.63, 3.8) is 0 Å². The number of rotatable bonds is 1. The number of aryl methyl sites for hydroxylation is 1. The molecule has 0 aliphatic heterocycles. The second kappa shape index (κ2) is 3.94. The molecule has 3 heterocycles. The van der Waals surface area contributed by atoms with Gasteiger partial charge in [0.2, 0.25) is 11.8 Å². The Morgan fingerprint density at radius 3 is 2.79 bits per heavy atom. The van der Waals surface area contributed by atoms with Crippen LogP contribution in [0.5, 0.6) is 0 Å². The van der Waals surface area contributed by atoms with Crippen LogP contribution in [-0.2, 0) is 0 Å². The van der Waals surface area contributed by atoms with Crippen molar-refractivity contribution in [2.24, 2.45) is 0 Å². The molecule has 0 bridgehead atoms. The Hall–Kier alpha value is -2.63. The maximum atomic E-state index is 13.6. The fourth-order valence-electron chi connectivity index (χ4n) is 1.99. The fourth-order valence-corrected chi connectivity index (χ4v) is 1.99. The molecular weight excluding hydrogens is 247 g/mol. The Labute approximate surface area is 108 Å². The van der Waals surface area contributed by atoms with E-state index in [0.717, 1.165) is 5.69 Å². The van der Waals surface area contributed by atoms with Crippen LogP contribution in [0.15, 0.2) is 28.8 Å². The lowest BCUT2D eigenvalue weighted by Gasteiger charge is -2.03. The maximum absolute atomic E-state index is 13.6. The number of furan rings is 1. The van der Waals surface area contributed by atoms with E-state index in [4.69, 9.17) is 15.9 Å². The predicted octanol–water partition coefficient (Wildman–Crippen LogP) is 2.50. The third kappa shape index (κ3) is 1.77. The Bertz CT molecular complexity index is 782. The van der Waals surface area contributed by atoms with Crippen LogP contribution in [0.25, 0.3) is 22.2 Å². The van der Waals surface area contributed by atoms with Crippen molar-refractivity contribution in [2.75, 3.05) is 11.5 Å². The number of anilines is 2. The smallest absolute Gasteiger partial charge is 0.214 e. The Balaban J connectivity index is 2.37. The van der Waals surface area contributed by atoms with Crippen LogP contribution in [0.4, 0.5) is 16.0 Å². The molecule has 0 amide bonds.